The molecule has 0 aliphatic carbocycles. The minimum absolute atomic E-state index is 0.0249. The number of carbonyl (C=O) groups is 3. The van der Waals surface area contributed by atoms with Crippen molar-refractivity contribution in [1.29, 1.82) is 0 Å². The van der Waals surface area contributed by atoms with E-state index in [0.29, 0.717) is 18.6 Å². The Hall–Kier alpha value is -4.04. The molecule has 0 spiro atoms. The number of thioether (sulfide) groups is 1. The fourth-order valence-corrected chi connectivity index (χ4v) is 9.76. The van der Waals surface area contributed by atoms with Crippen molar-refractivity contribution in [2.45, 2.75) is 109 Å². The Labute approximate surface area is 421 Å². The summed E-state index contributed by atoms with van der Waals surface area (Å²) in [7, 11) is -16.5. The predicted octanol–water partition coefficient (Wildman–Crippen LogP) is 4.11. The van der Waals surface area contributed by atoms with Crippen molar-refractivity contribution in [2.75, 3.05) is 37.8 Å². The van der Waals surface area contributed by atoms with Gasteiger partial charge in [0.25, 0.3) is 0 Å². The van der Waals surface area contributed by atoms with Gasteiger partial charge in [0.2, 0.25) is 11.8 Å². The molecule has 2 amide bonds. The van der Waals surface area contributed by atoms with Crippen molar-refractivity contribution in [3.63, 3.8) is 0 Å². The van der Waals surface area contributed by atoms with Gasteiger partial charge in [-0.3, -0.25) is 32.5 Å². The molecule has 72 heavy (non-hydrogen) atoms. The smallest absolute Gasteiger partial charge is 0.389 e. The van der Waals surface area contributed by atoms with Gasteiger partial charge in [0.05, 0.1) is 25.6 Å². The van der Waals surface area contributed by atoms with E-state index in [1.165, 1.54) is 13.8 Å². The molecule has 8 unspecified atom stereocenters. The van der Waals surface area contributed by atoms with Crippen LogP contribution in [0.5, 0.6) is 0 Å². The number of fused-ring (bicyclic) bond motifs is 1. The predicted molar refractivity (Wildman–Crippen MR) is 266 cm³/mol. The Kier molecular flexibility index (Phi) is 26.8. The molecule has 0 radical (unpaired) electrons. The number of phosphoric acid groups is 3. The molecule has 0 bridgehead atoms. The molecule has 1 fully saturated rings. The number of aliphatic hydroxyl groups excluding tert-OH is 3. The third-order valence-electron chi connectivity index (χ3n) is 9.96. The lowest BCUT2D eigenvalue weighted by molar-refractivity contribution is -0.137. The van der Waals surface area contributed by atoms with Crippen LogP contribution in [0.4, 0.5) is 5.82 Å². The van der Waals surface area contributed by atoms with Gasteiger partial charge in [-0.15, -0.1) is 0 Å². The van der Waals surface area contributed by atoms with Crippen molar-refractivity contribution >= 4 is 69.1 Å². The third-order valence-corrected chi connectivity index (χ3v) is 14.0. The summed E-state index contributed by atoms with van der Waals surface area (Å²) in [4.78, 5) is 88.4. The van der Waals surface area contributed by atoms with E-state index in [1.54, 1.807) is 12.2 Å². The fourth-order valence-electron chi connectivity index (χ4n) is 6.23. The molecular weight excluding hydrogens is 1030 g/mol. The highest BCUT2D eigenvalue weighted by molar-refractivity contribution is 8.13. The molecule has 0 aromatic carbocycles. The summed E-state index contributed by atoms with van der Waals surface area (Å²) in [6, 6.07) is 0. The molecule has 0 saturated carbocycles. The van der Waals surface area contributed by atoms with Crippen molar-refractivity contribution in [3.8, 4) is 0 Å². The molecule has 3 heterocycles. The SMILES string of the molecule is CC/C=C/C/C=C/C/C=C/C/C=C/C=C/C(O)C/C=C/CCC(=O)SCCNC(=O)CCNC(=O)C(O)C(C)(C)COP(=O)(O)OP(=O)(O)OCC1OC(n2cnc3c(N)ncnc32)C(O)C1OP(=O)(O)O. The molecule has 2 aromatic heterocycles. The highest BCUT2D eigenvalue weighted by Crippen LogP contribution is 2.61. The molecule has 29 heteroatoms. The van der Waals surface area contributed by atoms with Crippen LogP contribution in [0.25, 0.3) is 11.2 Å². The molecule has 2 aromatic rings. The lowest BCUT2D eigenvalue weighted by atomic mass is 9.87. The number of imidazole rings is 1. The van der Waals surface area contributed by atoms with E-state index in [2.05, 4.69) is 77.8 Å². The Morgan fingerprint density at radius 1 is 0.889 bits per heavy atom. The molecule has 11 N–H and O–H groups in total. The number of nitrogen functional groups attached to an aromatic ring is 1. The van der Waals surface area contributed by atoms with Gasteiger partial charge in [0.15, 0.2) is 22.8 Å². The summed E-state index contributed by atoms with van der Waals surface area (Å²) in [6.07, 6.45) is 20.9. The summed E-state index contributed by atoms with van der Waals surface area (Å²) in [6.45, 7) is 2.50. The van der Waals surface area contributed by atoms with Crippen LogP contribution in [0.15, 0.2) is 85.6 Å². The maximum atomic E-state index is 12.8. The minimum atomic E-state index is -5.59. The Morgan fingerprint density at radius 3 is 2.24 bits per heavy atom. The van der Waals surface area contributed by atoms with Gasteiger partial charge >= 0.3 is 23.5 Å². The number of aromatic nitrogens is 4. The Bertz CT molecular complexity index is 2390. The van der Waals surface area contributed by atoms with Gasteiger partial charge in [0, 0.05) is 37.1 Å². The molecule has 8 atom stereocenters. The lowest BCUT2D eigenvalue weighted by Crippen LogP contribution is -2.46. The highest BCUT2D eigenvalue weighted by Gasteiger charge is 2.50. The zero-order chi connectivity index (χ0) is 53.4. The van der Waals surface area contributed by atoms with Crippen molar-refractivity contribution in [3.05, 3.63) is 85.6 Å². The summed E-state index contributed by atoms with van der Waals surface area (Å²) >= 11 is 1.05. The van der Waals surface area contributed by atoms with Crippen LogP contribution >= 0.6 is 35.2 Å². The average Bonchev–Trinajstić information content (AvgIpc) is 3.87. The number of phosphoric ester groups is 3. The van der Waals surface area contributed by atoms with Crippen LogP contribution in [0, 0.1) is 5.41 Å². The average molecular weight is 1090 g/mol. The highest BCUT2D eigenvalue weighted by atomic mass is 32.2. The van der Waals surface area contributed by atoms with Crippen LogP contribution in [-0.2, 0) is 50.7 Å². The maximum absolute atomic E-state index is 12.8. The fraction of sp³-hybridized carbons (Fsp3) is 0.535. The number of nitrogens with two attached hydrogens (primary N) is 1. The van der Waals surface area contributed by atoms with E-state index in [1.807, 2.05) is 24.3 Å². The number of aliphatic hydroxyl groups is 3. The third kappa shape index (κ3) is 23.4. The molecular formula is C43H66N7O18P3S. The van der Waals surface area contributed by atoms with Crippen LogP contribution < -0.4 is 16.4 Å². The standard InChI is InChI=1S/C43H66N7O18P3S/c1-4-5-6-7-8-9-10-11-12-13-14-15-17-20-31(51)21-18-16-19-22-34(53)72-26-25-45-33(52)23-24-46-41(56)38(55)43(2,3)28-65-71(62,63)68-70(60,61)64-27-32-37(67-69(57,58)59)36(54)42(66-32)50-30-49-35-39(44)47-29-48-40(35)50/h5-6,8-9,11-12,14-18,20,29-32,36-38,42,51,54-55H,4,7,10,13,19,21-28H2,1-3H3,(H,45,52)(H,46,56)(H,60,61)(H,62,63)(H2,44,47,48)(H2,57,58,59)/b6-5+,9-8+,12-11+,15-14+,18-16+,20-17+. The van der Waals surface area contributed by atoms with Gasteiger partial charge in [-0.25, -0.2) is 28.6 Å². The number of allylic oxidation sites excluding steroid dienone is 10. The molecule has 1 saturated heterocycles. The largest absolute Gasteiger partial charge is 0.481 e. The second-order valence-electron chi connectivity index (χ2n) is 16.4. The number of hydrogen-bond donors (Lipinski definition) is 10. The second kappa shape index (κ2) is 31.0. The quantitative estimate of drug-likeness (QED) is 0.0208. The van der Waals surface area contributed by atoms with Crippen LogP contribution in [0.1, 0.15) is 78.4 Å². The Balaban J connectivity index is 1.30. The summed E-state index contributed by atoms with van der Waals surface area (Å²) in [5.41, 5.74) is 4.25. The van der Waals surface area contributed by atoms with Gasteiger partial charge in [-0.05, 0) is 38.5 Å². The first kappa shape index (κ1) is 62.3. The van der Waals surface area contributed by atoms with Crippen LogP contribution in [0.2, 0.25) is 0 Å². The summed E-state index contributed by atoms with van der Waals surface area (Å²) in [5.74, 6) is -1.20. The molecule has 25 nitrogen and oxygen atoms in total. The zero-order valence-corrected chi connectivity index (χ0v) is 43.5. The maximum Gasteiger partial charge on any atom is 0.481 e. The van der Waals surface area contributed by atoms with E-state index < -0.39 is 90.7 Å². The zero-order valence-electron chi connectivity index (χ0n) is 40.0. The van der Waals surface area contributed by atoms with Crippen molar-refractivity contribution in [1.82, 2.24) is 30.2 Å². The van der Waals surface area contributed by atoms with E-state index >= 15 is 0 Å². The number of rotatable bonds is 33. The minimum Gasteiger partial charge on any atom is -0.389 e. The van der Waals surface area contributed by atoms with Gasteiger partial charge in [0.1, 0.15) is 36.3 Å². The topological polar surface area (TPSA) is 384 Å². The van der Waals surface area contributed by atoms with E-state index in [9.17, 15) is 63.0 Å². The number of amides is 2. The number of nitrogens with zero attached hydrogens (tertiary/aromatic N) is 4. The number of nitrogens with one attached hydrogen (secondary N) is 2. The summed E-state index contributed by atoms with van der Waals surface area (Å²) < 4.78 is 62.4. The van der Waals surface area contributed by atoms with Crippen LogP contribution in [0.3, 0.4) is 0 Å². The molecule has 1 aliphatic heterocycles. The molecule has 3 rings (SSSR count). The van der Waals surface area contributed by atoms with Gasteiger partial charge in [-0.1, -0.05) is 105 Å². The number of hydrogen-bond acceptors (Lipinski definition) is 19. The van der Waals surface area contributed by atoms with E-state index in [4.69, 9.17) is 19.5 Å². The van der Waals surface area contributed by atoms with E-state index in [0.717, 1.165) is 54.7 Å². The second-order valence-corrected chi connectivity index (χ2v) is 21.8. The van der Waals surface area contributed by atoms with E-state index in [-0.39, 0.29) is 48.0 Å². The monoisotopic (exact) mass is 1090 g/mol. The normalized spacial score (nSPS) is 20.6. The summed E-state index contributed by atoms with van der Waals surface area (Å²) in [5, 5.41) is 36.6. The first-order valence-electron chi connectivity index (χ1n) is 22.6. The van der Waals surface area contributed by atoms with Crippen LogP contribution in [-0.4, -0.2) is 134 Å². The van der Waals surface area contributed by atoms with Gasteiger partial charge in [-0.2, -0.15) is 4.31 Å². The lowest BCUT2D eigenvalue weighted by Gasteiger charge is -2.30. The first-order valence-corrected chi connectivity index (χ1v) is 28.1. The number of anilines is 1. The first-order chi connectivity index (χ1) is 33.9. The number of carbonyl (C=O) groups excluding carboxylic acids is 3. The van der Waals surface area contributed by atoms with Crippen molar-refractivity contribution in [2.24, 2.45) is 5.41 Å². The van der Waals surface area contributed by atoms with Gasteiger partial charge < -0.3 is 56.0 Å². The number of ether oxygens (including phenoxy) is 1. The molecule has 1 aliphatic rings. The Morgan fingerprint density at radius 2 is 1.56 bits per heavy atom. The van der Waals surface area contributed by atoms with Crippen molar-refractivity contribution < 1.29 is 85.6 Å². The molecule has 402 valence electrons.